The van der Waals surface area contributed by atoms with Crippen LogP contribution < -0.4 is 10.1 Å². The van der Waals surface area contributed by atoms with Gasteiger partial charge >= 0.3 is 0 Å². The molecule has 2 aromatic carbocycles. The fourth-order valence-electron chi connectivity index (χ4n) is 3.42. The van der Waals surface area contributed by atoms with E-state index < -0.39 is 4.92 Å². The minimum atomic E-state index is -0.435. The Bertz CT molecular complexity index is 1280. The predicted molar refractivity (Wildman–Crippen MR) is 120 cm³/mol. The van der Waals surface area contributed by atoms with Crippen LogP contribution in [-0.4, -0.2) is 22.0 Å². The van der Waals surface area contributed by atoms with E-state index in [1.54, 1.807) is 17.4 Å². The average molecular weight is 420 g/mol. The van der Waals surface area contributed by atoms with Gasteiger partial charge in [-0.15, -0.1) is 11.3 Å². The molecule has 0 unspecified atom stereocenters. The lowest BCUT2D eigenvalue weighted by Gasteiger charge is -2.12. The quantitative estimate of drug-likeness (QED) is 0.317. The molecule has 0 atom stereocenters. The molecule has 0 fully saturated rings. The molecule has 4 rings (SSSR count). The lowest BCUT2D eigenvalue weighted by molar-refractivity contribution is -0.384. The van der Waals surface area contributed by atoms with E-state index in [0.29, 0.717) is 17.3 Å². The van der Waals surface area contributed by atoms with E-state index in [1.165, 1.54) is 36.7 Å². The summed E-state index contributed by atoms with van der Waals surface area (Å²) < 4.78 is 5.39. The summed E-state index contributed by atoms with van der Waals surface area (Å²) in [5.41, 5.74) is 5.03. The van der Waals surface area contributed by atoms with Crippen LogP contribution >= 0.6 is 11.3 Å². The number of methoxy groups -OCH3 is 1. The minimum absolute atomic E-state index is 0.0283. The van der Waals surface area contributed by atoms with Crippen LogP contribution in [0.4, 0.5) is 17.2 Å². The van der Waals surface area contributed by atoms with Gasteiger partial charge in [0.05, 0.1) is 23.1 Å². The number of non-ortho nitro benzene ring substituents is 1. The zero-order valence-electron chi connectivity index (χ0n) is 17.0. The highest BCUT2D eigenvalue weighted by Crippen LogP contribution is 2.42. The van der Waals surface area contributed by atoms with Crippen molar-refractivity contribution in [2.75, 3.05) is 12.4 Å². The molecule has 2 aromatic heterocycles. The summed E-state index contributed by atoms with van der Waals surface area (Å²) in [5, 5.41) is 15.4. The van der Waals surface area contributed by atoms with Gasteiger partial charge in [-0.25, -0.2) is 9.97 Å². The second kappa shape index (κ2) is 7.72. The van der Waals surface area contributed by atoms with Crippen LogP contribution in [0.3, 0.4) is 0 Å². The first-order valence-corrected chi connectivity index (χ1v) is 10.1. The summed E-state index contributed by atoms with van der Waals surface area (Å²) in [6, 6.07) is 10.8. The van der Waals surface area contributed by atoms with E-state index in [0.717, 1.165) is 26.2 Å². The number of thiophene rings is 1. The predicted octanol–water partition coefficient (Wildman–Crippen LogP) is 5.94. The van der Waals surface area contributed by atoms with Crippen LogP contribution in [0.25, 0.3) is 21.3 Å². The number of rotatable bonds is 5. The van der Waals surface area contributed by atoms with Crippen molar-refractivity contribution < 1.29 is 9.66 Å². The molecule has 0 saturated carbocycles. The number of ether oxygens (including phenoxy) is 1. The summed E-state index contributed by atoms with van der Waals surface area (Å²) in [5.74, 6) is 1.07. The smallest absolute Gasteiger partial charge is 0.271 e. The van der Waals surface area contributed by atoms with Crippen molar-refractivity contribution in [1.82, 2.24) is 9.97 Å². The first-order valence-electron chi connectivity index (χ1n) is 9.30. The van der Waals surface area contributed by atoms with Gasteiger partial charge in [-0.1, -0.05) is 18.2 Å². The molecular formula is C22H20N4O3S. The van der Waals surface area contributed by atoms with Gasteiger partial charge in [-0.05, 0) is 43.5 Å². The largest absolute Gasteiger partial charge is 0.495 e. The lowest BCUT2D eigenvalue weighted by atomic mass is 9.99. The maximum atomic E-state index is 11.2. The number of nitro groups is 1. The molecule has 0 saturated heterocycles. The van der Waals surface area contributed by atoms with Gasteiger partial charge in [0.1, 0.15) is 22.7 Å². The SMILES string of the molecule is COc1ccc([N+](=O)[O-])cc1Nc1ncnc2sc(C)c(-c3ccc(C)c(C)c3)c12. The molecule has 0 aliphatic heterocycles. The van der Waals surface area contributed by atoms with Crippen molar-refractivity contribution in [1.29, 1.82) is 0 Å². The summed E-state index contributed by atoms with van der Waals surface area (Å²) in [4.78, 5) is 21.7. The highest BCUT2D eigenvalue weighted by atomic mass is 32.1. The van der Waals surface area contributed by atoms with Crippen molar-refractivity contribution in [2.24, 2.45) is 0 Å². The highest BCUT2D eigenvalue weighted by molar-refractivity contribution is 7.19. The summed E-state index contributed by atoms with van der Waals surface area (Å²) >= 11 is 1.60. The second-order valence-electron chi connectivity index (χ2n) is 7.00. The van der Waals surface area contributed by atoms with Gasteiger partial charge in [0.2, 0.25) is 0 Å². The average Bonchev–Trinajstić information content (AvgIpc) is 3.06. The lowest BCUT2D eigenvalue weighted by Crippen LogP contribution is -1.99. The third kappa shape index (κ3) is 3.46. The zero-order valence-corrected chi connectivity index (χ0v) is 17.8. The van der Waals surface area contributed by atoms with Gasteiger partial charge in [0.25, 0.3) is 5.69 Å². The maximum Gasteiger partial charge on any atom is 0.271 e. The molecular weight excluding hydrogens is 400 g/mol. The van der Waals surface area contributed by atoms with Crippen LogP contribution in [-0.2, 0) is 0 Å². The van der Waals surface area contributed by atoms with Gasteiger partial charge < -0.3 is 10.1 Å². The van der Waals surface area contributed by atoms with E-state index in [-0.39, 0.29) is 5.69 Å². The Hall–Kier alpha value is -3.52. The third-order valence-electron chi connectivity index (χ3n) is 5.11. The Morgan fingerprint density at radius 2 is 1.87 bits per heavy atom. The van der Waals surface area contributed by atoms with E-state index in [4.69, 9.17) is 4.74 Å². The first kappa shape index (κ1) is 19.8. The van der Waals surface area contributed by atoms with Crippen molar-refractivity contribution in [3.8, 4) is 16.9 Å². The molecule has 0 amide bonds. The van der Waals surface area contributed by atoms with Crippen LogP contribution in [0.1, 0.15) is 16.0 Å². The topological polar surface area (TPSA) is 90.2 Å². The molecule has 8 heteroatoms. The van der Waals surface area contributed by atoms with Crippen molar-refractivity contribution >= 4 is 38.7 Å². The summed E-state index contributed by atoms with van der Waals surface area (Å²) in [6.07, 6.45) is 1.49. The Kier molecular flexibility index (Phi) is 5.09. The van der Waals surface area contributed by atoms with Crippen LogP contribution in [0.5, 0.6) is 5.75 Å². The molecule has 1 N–H and O–H groups in total. The number of nitro benzene ring substituents is 1. The maximum absolute atomic E-state index is 11.2. The van der Waals surface area contributed by atoms with Gasteiger partial charge in [-0.3, -0.25) is 10.1 Å². The number of aromatic nitrogens is 2. The molecule has 0 aliphatic carbocycles. The third-order valence-corrected chi connectivity index (χ3v) is 6.12. The Morgan fingerprint density at radius 1 is 1.07 bits per heavy atom. The summed E-state index contributed by atoms with van der Waals surface area (Å²) in [6.45, 7) is 6.24. The van der Waals surface area contributed by atoms with Gasteiger partial charge in [0, 0.05) is 22.6 Å². The fourth-order valence-corrected chi connectivity index (χ4v) is 4.43. The van der Waals surface area contributed by atoms with E-state index in [2.05, 4.69) is 54.3 Å². The number of benzene rings is 2. The molecule has 2 heterocycles. The van der Waals surface area contributed by atoms with Gasteiger partial charge in [-0.2, -0.15) is 0 Å². The second-order valence-corrected chi connectivity index (χ2v) is 8.20. The normalized spacial score (nSPS) is 10.9. The van der Waals surface area contributed by atoms with Crippen molar-refractivity contribution in [3.63, 3.8) is 0 Å². The number of nitrogens with zero attached hydrogens (tertiary/aromatic N) is 3. The Balaban J connectivity index is 1.90. The number of hydrogen-bond acceptors (Lipinski definition) is 7. The Morgan fingerprint density at radius 3 is 2.57 bits per heavy atom. The molecule has 0 aliphatic rings. The highest BCUT2D eigenvalue weighted by Gasteiger charge is 2.19. The van der Waals surface area contributed by atoms with Crippen molar-refractivity contribution in [2.45, 2.75) is 20.8 Å². The summed E-state index contributed by atoms with van der Waals surface area (Å²) in [7, 11) is 1.52. The molecule has 0 bridgehead atoms. The van der Waals surface area contributed by atoms with Gasteiger partial charge in [0.15, 0.2) is 0 Å². The number of fused-ring (bicyclic) bond motifs is 1. The molecule has 4 aromatic rings. The van der Waals surface area contributed by atoms with E-state index >= 15 is 0 Å². The minimum Gasteiger partial charge on any atom is -0.495 e. The van der Waals surface area contributed by atoms with Crippen LogP contribution in [0.15, 0.2) is 42.7 Å². The van der Waals surface area contributed by atoms with Crippen molar-refractivity contribution in [3.05, 3.63) is 68.8 Å². The zero-order chi connectivity index (χ0) is 21.4. The standard InChI is InChI=1S/C22H20N4O3S/c1-12-5-6-15(9-13(12)2)19-14(3)30-22-20(19)21(23-11-24-22)25-17-10-16(26(27)28)7-8-18(17)29-4/h5-11H,1-4H3,(H,23,24,25). The monoisotopic (exact) mass is 420 g/mol. The first-order chi connectivity index (χ1) is 14.4. The molecule has 0 spiro atoms. The number of nitrogens with one attached hydrogen (secondary N) is 1. The fraction of sp³-hybridized carbons (Fsp3) is 0.182. The molecule has 152 valence electrons. The number of anilines is 2. The Labute approximate surface area is 177 Å². The van der Waals surface area contributed by atoms with E-state index in [9.17, 15) is 10.1 Å². The molecule has 7 nitrogen and oxygen atoms in total. The van der Waals surface area contributed by atoms with Crippen LogP contribution in [0, 0.1) is 30.9 Å². The van der Waals surface area contributed by atoms with E-state index in [1.807, 2.05) is 0 Å². The molecule has 0 radical (unpaired) electrons. The molecule has 30 heavy (non-hydrogen) atoms. The van der Waals surface area contributed by atoms with Crippen LogP contribution in [0.2, 0.25) is 0 Å². The number of aryl methyl sites for hydroxylation is 3. The number of hydrogen-bond donors (Lipinski definition) is 1.